The molecule has 31 heavy (non-hydrogen) atoms. The Morgan fingerprint density at radius 3 is 2.77 bits per heavy atom. The number of sulfonamides is 1. The number of aromatic nitrogens is 1. The number of carbonyl (C=O) groups excluding carboxylic acids is 1. The fraction of sp³-hybridized carbons (Fsp3) is 0.364. The smallest absolute Gasteiger partial charge is 0.287 e. The topological polar surface area (TPSA) is 102 Å². The maximum atomic E-state index is 13.0. The van der Waals surface area contributed by atoms with Crippen LogP contribution in [0.2, 0.25) is 0 Å². The summed E-state index contributed by atoms with van der Waals surface area (Å²) in [6.07, 6.45) is 5.84. The van der Waals surface area contributed by atoms with Crippen molar-refractivity contribution in [2.24, 2.45) is 0 Å². The number of hydrogen-bond acceptors (Lipinski definition) is 6. The summed E-state index contributed by atoms with van der Waals surface area (Å²) in [5.74, 6) is -0.133. The van der Waals surface area contributed by atoms with Crippen molar-refractivity contribution in [2.75, 3.05) is 19.7 Å². The molecule has 1 N–H and O–H groups in total. The van der Waals surface area contributed by atoms with Gasteiger partial charge >= 0.3 is 0 Å². The highest BCUT2D eigenvalue weighted by atomic mass is 32.2. The number of hydrogen-bond donors (Lipinski definition) is 1. The highest BCUT2D eigenvalue weighted by Crippen LogP contribution is 2.37. The minimum absolute atomic E-state index is 0.208. The summed E-state index contributed by atoms with van der Waals surface area (Å²) in [5.41, 5.74) is 1.04. The van der Waals surface area contributed by atoms with Crippen LogP contribution in [0.3, 0.4) is 0 Å². The van der Waals surface area contributed by atoms with Crippen LogP contribution in [-0.4, -0.2) is 48.9 Å². The van der Waals surface area contributed by atoms with E-state index in [-0.39, 0.29) is 28.7 Å². The minimum atomic E-state index is -3.56. The minimum Gasteiger partial charge on any atom is -0.449 e. The van der Waals surface area contributed by atoms with Gasteiger partial charge in [-0.15, -0.1) is 0 Å². The maximum absolute atomic E-state index is 13.0. The molecule has 9 heteroatoms. The summed E-state index contributed by atoms with van der Waals surface area (Å²) in [5, 5.41) is 3.60. The van der Waals surface area contributed by atoms with Crippen molar-refractivity contribution in [2.45, 2.75) is 36.3 Å². The second kappa shape index (κ2) is 7.74. The Kier molecular flexibility index (Phi) is 5.04. The molecular formula is C22H23N3O5S. The first-order valence-electron chi connectivity index (χ1n) is 10.3. The van der Waals surface area contributed by atoms with E-state index in [9.17, 15) is 13.2 Å². The highest BCUT2D eigenvalue weighted by molar-refractivity contribution is 7.89. The van der Waals surface area contributed by atoms with Gasteiger partial charge in [-0.05, 0) is 49.1 Å². The second-order valence-electron chi connectivity index (χ2n) is 8.07. The van der Waals surface area contributed by atoms with Crippen molar-refractivity contribution in [3.63, 3.8) is 0 Å². The number of furan rings is 1. The van der Waals surface area contributed by atoms with E-state index in [2.05, 4.69) is 10.3 Å². The van der Waals surface area contributed by atoms with Crippen LogP contribution in [0.1, 0.15) is 35.4 Å². The summed E-state index contributed by atoms with van der Waals surface area (Å²) < 4.78 is 38.9. The molecule has 8 nitrogen and oxygen atoms in total. The van der Waals surface area contributed by atoms with E-state index < -0.39 is 10.0 Å². The van der Waals surface area contributed by atoms with Gasteiger partial charge in [0.15, 0.2) is 11.3 Å². The van der Waals surface area contributed by atoms with Crippen molar-refractivity contribution in [1.82, 2.24) is 14.6 Å². The van der Waals surface area contributed by atoms with E-state index in [1.165, 1.54) is 4.31 Å². The van der Waals surface area contributed by atoms with Crippen molar-refractivity contribution in [3.8, 4) is 0 Å². The molecule has 5 rings (SSSR count). The van der Waals surface area contributed by atoms with E-state index in [0.717, 1.165) is 30.2 Å². The second-order valence-corrected chi connectivity index (χ2v) is 10.0. The summed E-state index contributed by atoms with van der Waals surface area (Å²) in [6.45, 7) is 1.86. The molecule has 1 aromatic carbocycles. The molecule has 1 amide bonds. The largest absolute Gasteiger partial charge is 0.449 e. The van der Waals surface area contributed by atoms with Crippen LogP contribution in [0.25, 0.3) is 11.0 Å². The molecule has 2 aliphatic rings. The number of fused-ring (bicyclic) bond motifs is 1. The molecule has 1 spiro atoms. The van der Waals surface area contributed by atoms with Gasteiger partial charge in [0.05, 0.1) is 16.7 Å². The van der Waals surface area contributed by atoms with E-state index in [0.29, 0.717) is 25.3 Å². The zero-order valence-electron chi connectivity index (χ0n) is 16.9. The van der Waals surface area contributed by atoms with Crippen molar-refractivity contribution in [1.29, 1.82) is 0 Å². The summed E-state index contributed by atoms with van der Waals surface area (Å²) in [7, 11) is -3.56. The first-order chi connectivity index (χ1) is 15.0. The fourth-order valence-electron chi connectivity index (χ4n) is 4.28. The zero-order valence-corrected chi connectivity index (χ0v) is 17.7. The molecule has 162 valence electrons. The molecule has 2 aromatic heterocycles. The Morgan fingerprint density at radius 2 is 2.03 bits per heavy atom. The fourth-order valence-corrected chi connectivity index (χ4v) is 5.80. The molecule has 1 unspecified atom stereocenters. The van der Waals surface area contributed by atoms with Crippen molar-refractivity contribution in [3.05, 3.63) is 60.1 Å². The number of carbonyl (C=O) groups is 1. The molecule has 2 aliphatic heterocycles. The summed E-state index contributed by atoms with van der Waals surface area (Å²) in [6, 6.07) is 10.0. The van der Waals surface area contributed by atoms with Crippen LogP contribution in [0.15, 0.2) is 58.1 Å². The van der Waals surface area contributed by atoms with E-state index in [1.807, 2.05) is 0 Å². The summed E-state index contributed by atoms with van der Waals surface area (Å²) in [4.78, 5) is 16.6. The van der Waals surface area contributed by atoms with Crippen LogP contribution in [0.5, 0.6) is 0 Å². The average Bonchev–Trinajstić information content (AvgIpc) is 3.53. The first-order valence-corrected chi connectivity index (χ1v) is 11.7. The Bertz CT molecular complexity index is 1180. The first kappa shape index (κ1) is 20.2. The third kappa shape index (κ3) is 3.84. The molecule has 0 bridgehead atoms. The van der Waals surface area contributed by atoms with Crippen LogP contribution in [0, 0.1) is 0 Å². The molecule has 2 fully saturated rings. The lowest BCUT2D eigenvalue weighted by atomic mass is 10.00. The maximum Gasteiger partial charge on any atom is 0.287 e. The van der Waals surface area contributed by atoms with Crippen LogP contribution < -0.4 is 5.32 Å². The predicted molar refractivity (Wildman–Crippen MR) is 113 cm³/mol. The molecule has 0 saturated carbocycles. The van der Waals surface area contributed by atoms with Crippen molar-refractivity contribution >= 4 is 26.9 Å². The lowest BCUT2D eigenvalue weighted by Gasteiger charge is -2.23. The SMILES string of the molecule is O=C(NCc1ccc(S(=O)(=O)N2CCC3(CCCO3)C2)cc1)c1cc2ccncc2o1. The quantitative estimate of drug-likeness (QED) is 0.653. The Labute approximate surface area is 180 Å². The van der Waals surface area contributed by atoms with Gasteiger partial charge in [-0.25, -0.2) is 8.42 Å². The standard InChI is InChI=1S/C22H23N3O5S/c26-21(19-12-17-6-9-23-14-20(17)30-19)24-13-16-2-4-18(5-3-16)31(27,28)25-10-8-22(15-25)7-1-11-29-22/h2-6,9,12,14H,1,7-8,10-11,13,15H2,(H,24,26). The Morgan fingerprint density at radius 1 is 1.19 bits per heavy atom. The zero-order chi connectivity index (χ0) is 21.5. The summed E-state index contributed by atoms with van der Waals surface area (Å²) >= 11 is 0. The van der Waals surface area contributed by atoms with Gasteiger partial charge in [-0.1, -0.05) is 12.1 Å². The number of amides is 1. The predicted octanol–water partition coefficient (Wildman–Crippen LogP) is 2.70. The number of benzene rings is 1. The molecule has 2 saturated heterocycles. The van der Waals surface area contributed by atoms with E-state index in [1.54, 1.807) is 48.8 Å². The van der Waals surface area contributed by atoms with Gasteiger partial charge in [0.2, 0.25) is 10.0 Å². The van der Waals surface area contributed by atoms with Gasteiger partial charge in [0.1, 0.15) is 0 Å². The normalized spacial score (nSPS) is 21.8. The van der Waals surface area contributed by atoms with E-state index >= 15 is 0 Å². The molecule has 0 radical (unpaired) electrons. The molecule has 0 aliphatic carbocycles. The molecule has 4 heterocycles. The number of nitrogens with one attached hydrogen (secondary N) is 1. The lowest BCUT2D eigenvalue weighted by molar-refractivity contribution is 0.0175. The number of rotatable bonds is 5. The van der Waals surface area contributed by atoms with Crippen LogP contribution in [0.4, 0.5) is 0 Å². The van der Waals surface area contributed by atoms with Crippen LogP contribution in [-0.2, 0) is 21.3 Å². The third-order valence-corrected chi connectivity index (χ3v) is 7.89. The monoisotopic (exact) mass is 441 g/mol. The Balaban J connectivity index is 1.23. The van der Waals surface area contributed by atoms with Gasteiger partial charge in [0, 0.05) is 37.8 Å². The van der Waals surface area contributed by atoms with Gasteiger partial charge in [-0.2, -0.15) is 4.31 Å². The van der Waals surface area contributed by atoms with Gasteiger partial charge in [-0.3, -0.25) is 9.78 Å². The highest BCUT2D eigenvalue weighted by Gasteiger charge is 2.45. The lowest BCUT2D eigenvalue weighted by Crippen LogP contribution is -2.35. The van der Waals surface area contributed by atoms with Gasteiger partial charge < -0.3 is 14.5 Å². The van der Waals surface area contributed by atoms with Crippen molar-refractivity contribution < 1.29 is 22.4 Å². The molecular weight excluding hydrogens is 418 g/mol. The third-order valence-electron chi connectivity index (χ3n) is 6.03. The van der Waals surface area contributed by atoms with Crippen LogP contribution >= 0.6 is 0 Å². The molecule has 1 atom stereocenters. The number of pyridine rings is 1. The Hall–Kier alpha value is -2.75. The van der Waals surface area contributed by atoms with Gasteiger partial charge in [0.25, 0.3) is 5.91 Å². The number of nitrogens with zero attached hydrogens (tertiary/aromatic N) is 2. The average molecular weight is 442 g/mol. The number of ether oxygens (including phenoxy) is 1. The van der Waals surface area contributed by atoms with E-state index in [4.69, 9.17) is 9.15 Å². The molecule has 3 aromatic rings.